The van der Waals surface area contributed by atoms with E-state index in [1.165, 1.54) is 15.6 Å². The third kappa shape index (κ3) is 3.04. The van der Waals surface area contributed by atoms with Crippen LogP contribution in [0.15, 0.2) is 24.5 Å². The quantitative estimate of drug-likeness (QED) is 0.757. The second-order valence-electron chi connectivity index (χ2n) is 5.65. The van der Waals surface area contributed by atoms with Crippen LogP contribution in [0, 0.1) is 0 Å². The average molecular weight is 419 g/mol. The lowest BCUT2D eigenvalue weighted by Crippen LogP contribution is -2.48. The maximum atomic E-state index is 12.6. The van der Waals surface area contributed by atoms with Gasteiger partial charge in [-0.25, -0.2) is 8.42 Å². The molecule has 10 heteroatoms. The van der Waals surface area contributed by atoms with Crippen molar-refractivity contribution < 1.29 is 12.8 Å². The molecule has 124 valence electrons. The van der Waals surface area contributed by atoms with Gasteiger partial charge >= 0.3 is 6.01 Å². The Morgan fingerprint density at radius 1 is 1.17 bits per heavy atom. The van der Waals surface area contributed by atoms with Gasteiger partial charge in [0.15, 0.2) is 0 Å². The second kappa shape index (κ2) is 5.83. The number of halogens is 1. The molecule has 1 aliphatic carbocycles. The molecule has 2 fully saturated rings. The highest BCUT2D eigenvalue weighted by atomic mass is 79.9. The number of aromatic nitrogens is 2. The van der Waals surface area contributed by atoms with Crippen molar-refractivity contribution >= 4 is 43.3 Å². The maximum absolute atomic E-state index is 12.6. The molecule has 1 saturated carbocycles. The molecule has 1 saturated heterocycles. The summed E-state index contributed by atoms with van der Waals surface area (Å²) in [6.45, 7) is 1.94. The van der Waals surface area contributed by atoms with Crippen molar-refractivity contribution in [2.24, 2.45) is 0 Å². The molecule has 2 aliphatic rings. The van der Waals surface area contributed by atoms with Crippen molar-refractivity contribution in [3.8, 4) is 0 Å². The maximum Gasteiger partial charge on any atom is 0.318 e. The van der Waals surface area contributed by atoms with E-state index in [1.54, 1.807) is 12.1 Å². The molecule has 7 nitrogen and oxygen atoms in total. The van der Waals surface area contributed by atoms with E-state index in [2.05, 4.69) is 26.1 Å². The Morgan fingerprint density at radius 3 is 2.52 bits per heavy atom. The number of piperazine rings is 1. The van der Waals surface area contributed by atoms with E-state index in [-0.39, 0.29) is 0 Å². The van der Waals surface area contributed by atoms with Gasteiger partial charge in [0.25, 0.3) is 10.0 Å². The second-order valence-corrected chi connectivity index (χ2v) is 10.3. The first kappa shape index (κ1) is 15.6. The number of hydrogen-bond donors (Lipinski definition) is 0. The van der Waals surface area contributed by atoms with Crippen LogP contribution < -0.4 is 4.90 Å². The number of sulfonamides is 1. The lowest BCUT2D eigenvalue weighted by atomic mass is 10.4. The van der Waals surface area contributed by atoms with Gasteiger partial charge in [0.2, 0.25) is 5.89 Å². The molecule has 2 aromatic heterocycles. The molecule has 0 radical (unpaired) electrons. The summed E-state index contributed by atoms with van der Waals surface area (Å²) >= 11 is 4.54. The number of nitrogens with zero attached hydrogens (tertiary/aromatic N) is 4. The van der Waals surface area contributed by atoms with Crippen molar-refractivity contribution in [3.05, 3.63) is 21.8 Å². The molecule has 3 heterocycles. The van der Waals surface area contributed by atoms with Crippen molar-refractivity contribution in [2.45, 2.75) is 23.0 Å². The summed E-state index contributed by atoms with van der Waals surface area (Å²) in [6.07, 6.45) is 2.23. The monoisotopic (exact) mass is 418 g/mol. The lowest BCUT2D eigenvalue weighted by molar-refractivity contribution is 0.369. The highest BCUT2D eigenvalue weighted by molar-refractivity contribution is 9.11. The van der Waals surface area contributed by atoms with E-state index < -0.39 is 10.0 Å². The average Bonchev–Trinajstić information content (AvgIpc) is 3.10. The highest BCUT2D eigenvalue weighted by Gasteiger charge is 2.33. The van der Waals surface area contributed by atoms with E-state index in [4.69, 9.17) is 4.42 Å². The van der Waals surface area contributed by atoms with Crippen molar-refractivity contribution in [1.82, 2.24) is 14.5 Å². The number of thiophene rings is 1. The van der Waals surface area contributed by atoms with Crippen LogP contribution in [0.3, 0.4) is 0 Å². The summed E-state index contributed by atoms with van der Waals surface area (Å²) in [5.41, 5.74) is 0. The van der Waals surface area contributed by atoms with Crippen molar-refractivity contribution in [3.63, 3.8) is 0 Å². The van der Waals surface area contributed by atoms with Gasteiger partial charge < -0.3 is 9.32 Å². The van der Waals surface area contributed by atoms with Gasteiger partial charge in [-0.15, -0.1) is 16.4 Å². The van der Waals surface area contributed by atoms with Crippen LogP contribution in [0.2, 0.25) is 0 Å². The molecule has 0 bridgehead atoms. The normalized spacial score (nSPS) is 20.1. The van der Waals surface area contributed by atoms with E-state index in [0.717, 1.165) is 16.6 Å². The number of rotatable bonds is 4. The van der Waals surface area contributed by atoms with Crippen LogP contribution in [-0.2, 0) is 10.0 Å². The smallest absolute Gasteiger partial charge is 0.318 e. The Morgan fingerprint density at radius 2 is 1.91 bits per heavy atom. The zero-order chi connectivity index (χ0) is 16.0. The van der Waals surface area contributed by atoms with Crippen molar-refractivity contribution in [2.75, 3.05) is 31.1 Å². The number of hydrogen-bond acceptors (Lipinski definition) is 7. The summed E-state index contributed by atoms with van der Waals surface area (Å²) in [7, 11) is -3.42. The third-order valence-electron chi connectivity index (χ3n) is 4.01. The van der Waals surface area contributed by atoms with Gasteiger partial charge in [0, 0.05) is 32.1 Å². The third-order valence-corrected chi connectivity index (χ3v) is 8.00. The fraction of sp³-hybridized carbons (Fsp3) is 0.538. The van der Waals surface area contributed by atoms with Gasteiger partial charge in [0.1, 0.15) is 4.21 Å². The summed E-state index contributed by atoms with van der Waals surface area (Å²) < 4.78 is 33.6. The minimum atomic E-state index is -3.42. The predicted octanol–water partition coefficient (Wildman–Crippen LogP) is 2.28. The Kier molecular flexibility index (Phi) is 3.94. The van der Waals surface area contributed by atoms with Crippen molar-refractivity contribution in [1.29, 1.82) is 0 Å². The molecule has 0 amide bonds. The van der Waals surface area contributed by atoms with Crippen LogP contribution in [-0.4, -0.2) is 49.1 Å². The summed E-state index contributed by atoms with van der Waals surface area (Å²) in [6, 6.07) is 3.89. The molecule has 4 rings (SSSR count). The largest absolute Gasteiger partial charge is 0.408 e. The van der Waals surface area contributed by atoms with Crippen LogP contribution >= 0.6 is 27.3 Å². The van der Waals surface area contributed by atoms with Gasteiger partial charge in [-0.05, 0) is 40.9 Å². The molecular weight excluding hydrogens is 404 g/mol. The first-order valence-corrected chi connectivity index (χ1v) is 10.4. The zero-order valence-electron chi connectivity index (χ0n) is 12.2. The molecule has 0 unspecified atom stereocenters. The molecular formula is C13H15BrN4O3S2. The highest BCUT2D eigenvalue weighted by Crippen LogP contribution is 2.40. The van der Waals surface area contributed by atoms with E-state index in [1.807, 2.05) is 4.90 Å². The standard InChI is InChI=1S/C13H15BrN4O3S2/c14-10-3-4-11(22-10)23(19,20)18-7-5-17(6-8-18)13-16-15-12(21-13)9-1-2-9/h3-4,9H,1-2,5-8H2. The summed E-state index contributed by atoms with van der Waals surface area (Å²) in [5.74, 6) is 1.13. The Labute approximate surface area is 146 Å². The fourth-order valence-electron chi connectivity index (χ4n) is 2.53. The molecule has 1 aliphatic heterocycles. The summed E-state index contributed by atoms with van der Waals surface area (Å²) in [4.78, 5) is 1.95. The van der Waals surface area contributed by atoms with Crippen LogP contribution in [0.1, 0.15) is 24.7 Å². The van der Waals surface area contributed by atoms with Gasteiger partial charge in [-0.3, -0.25) is 0 Å². The Hall–Kier alpha value is -0.970. The zero-order valence-corrected chi connectivity index (χ0v) is 15.4. The molecule has 23 heavy (non-hydrogen) atoms. The Bertz CT molecular complexity index is 807. The van der Waals surface area contributed by atoms with E-state index in [9.17, 15) is 8.42 Å². The molecule has 0 aromatic carbocycles. The SMILES string of the molecule is O=S(=O)(c1ccc(Br)s1)N1CCN(c2nnc(C3CC3)o2)CC1. The number of anilines is 1. The first-order chi connectivity index (χ1) is 11.0. The minimum Gasteiger partial charge on any atom is -0.408 e. The molecule has 0 atom stereocenters. The topological polar surface area (TPSA) is 79.5 Å². The molecule has 0 N–H and O–H groups in total. The van der Waals surface area contributed by atoms with Gasteiger partial charge in [0.05, 0.1) is 3.79 Å². The molecule has 2 aromatic rings. The van der Waals surface area contributed by atoms with E-state index in [0.29, 0.717) is 48.2 Å². The van der Waals surface area contributed by atoms with E-state index >= 15 is 0 Å². The first-order valence-electron chi connectivity index (χ1n) is 7.38. The van der Waals surface area contributed by atoms with Crippen LogP contribution in [0.4, 0.5) is 6.01 Å². The fourth-order valence-corrected chi connectivity index (χ4v) is 6.12. The minimum absolute atomic E-state index is 0.367. The van der Waals surface area contributed by atoms with Crippen LogP contribution in [0.5, 0.6) is 0 Å². The van der Waals surface area contributed by atoms with Crippen LogP contribution in [0.25, 0.3) is 0 Å². The predicted molar refractivity (Wildman–Crippen MR) is 89.3 cm³/mol. The molecule has 0 spiro atoms. The Balaban J connectivity index is 1.43. The van der Waals surface area contributed by atoms with Gasteiger partial charge in [-0.2, -0.15) is 4.31 Å². The van der Waals surface area contributed by atoms with Gasteiger partial charge in [-0.1, -0.05) is 5.10 Å². The summed E-state index contributed by atoms with van der Waals surface area (Å²) in [5, 5.41) is 8.16. The lowest BCUT2D eigenvalue weighted by Gasteiger charge is -2.32.